The minimum Gasteiger partial charge on any atom is -0.496 e. The van der Waals surface area contributed by atoms with Crippen molar-refractivity contribution in [3.05, 3.63) is 23.8 Å². The fourth-order valence-corrected chi connectivity index (χ4v) is 3.59. The highest BCUT2D eigenvalue weighted by Crippen LogP contribution is 2.38. The molecule has 2 atom stereocenters. The maximum Gasteiger partial charge on any atom is 0.125 e. The maximum absolute atomic E-state index is 9.84. The summed E-state index contributed by atoms with van der Waals surface area (Å²) in [6.07, 6.45) is 4.13. The highest BCUT2D eigenvalue weighted by molar-refractivity contribution is 5.48. The lowest BCUT2D eigenvalue weighted by Crippen LogP contribution is -2.44. The number of ether oxygens (including phenoxy) is 1. The fraction of sp³-hybridized carbons (Fsp3) is 0.600. The number of hydrogen-bond acceptors (Lipinski definition) is 4. The number of nitrogens with zero attached hydrogens (tertiary/aromatic N) is 1. The van der Waals surface area contributed by atoms with Crippen LogP contribution in [-0.2, 0) is 6.54 Å². The molecule has 4 nitrogen and oxygen atoms in total. The zero-order valence-corrected chi connectivity index (χ0v) is 11.4. The number of anilines is 1. The zero-order chi connectivity index (χ0) is 13.4. The van der Waals surface area contributed by atoms with Crippen LogP contribution in [0.4, 0.5) is 5.69 Å². The predicted molar refractivity (Wildman–Crippen MR) is 75.0 cm³/mol. The minimum atomic E-state index is -0.109. The van der Waals surface area contributed by atoms with E-state index in [4.69, 9.17) is 10.5 Å². The number of piperidine rings is 1. The highest BCUT2D eigenvalue weighted by Gasteiger charge is 2.40. The van der Waals surface area contributed by atoms with Gasteiger partial charge in [0.15, 0.2) is 0 Å². The molecule has 3 N–H and O–H groups in total. The van der Waals surface area contributed by atoms with Gasteiger partial charge in [-0.05, 0) is 31.7 Å². The molecule has 2 bridgehead atoms. The summed E-state index contributed by atoms with van der Waals surface area (Å²) < 4.78 is 5.42. The third-order valence-corrected chi connectivity index (χ3v) is 4.52. The Hall–Kier alpha value is -1.26. The largest absolute Gasteiger partial charge is 0.496 e. The molecule has 1 aromatic carbocycles. The van der Waals surface area contributed by atoms with Crippen LogP contribution in [0, 0.1) is 0 Å². The Morgan fingerprint density at radius 3 is 2.63 bits per heavy atom. The van der Waals surface area contributed by atoms with Crippen molar-refractivity contribution >= 4 is 5.69 Å². The third-order valence-electron chi connectivity index (χ3n) is 4.52. The molecule has 0 radical (unpaired) electrons. The molecule has 0 saturated carbocycles. The average Bonchev–Trinajstić information content (AvgIpc) is 2.63. The van der Waals surface area contributed by atoms with Crippen molar-refractivity contribution in [2.24, 2.45) is 0 Å². The van der Waals surface area contributed by atoms with Crippen LogP contribution in [0.5, 0.6) is 5.75 Å². The van der Waals surface area contributed by atoms with Gasteiger partial charge in [0.2, 0.25) is 0 Å². The Morgan fingerprint density at radius 1 is 1.32 bits per heavy atom. The van der Waals surface area contributed by atoms with Crippen molar-refractivity contribution in [3.8, 4) is 5.75 Å². The van der Waals surface area contributed by atoms with Crippen molar-refractivity contribution in [1.82, 2.24) is 4.90 Å². The van der Waals surface area contributed by atoms with Crippen LogP contribution in [0.3, 0.4) is 0 Å². The van der Waals surface area contributed by atoms with E-state index in [9.17, 15) is 5.11 Å². The molecule has 0 amide bonds. The van der Waals surface area contributed by atoms with Crippen molar-refractivity contribution in [1.29, 1.82) is 0 Å². The number of aliphatic hydroxyl groups is 1. The number of fused-ring (bicyclic) bond motifs is 2. The SMILES string of the molecule is COc1cc(N)ccc1CN1C2CCC1CC(O)C2. The van der Waals surface area contributed by atoms with Crippen LogP contribution in [-0.4, -0.2) is 35.3 Å². The first-order chi connectivity index (χ1) is 9.17. The summed E-state index contributed by atoms with van der Waals surface area (Å²) in [4.78, 5) is 2.53. The second-order valence-corrected chi connectivity index (χ2v) is 5.75. The van der Waals surface area contributed by atoms with Gasteiger partial charge in [0, 0.05) is 35.9 Å². The summed E-state index contributed by atoms with van der Waals surface area (Å²) in [5, 5.41) is 9.84. The van der Waals surface area contributed by atoms with E-state index in [0.717, 1.165) is 30.8 Å². The molecular weight excluding hydrogens is 240 g/mol. The molecule has 2 unspecified atom stereocenters. The van der Waals surface area contributed by atoms with Gasteiger partial charge in [-0.1, -0.05) is 6.07 Å². The molecule has 0 aliphatic carbocycles. The van der Waals surface area contributed by atoms with Gasteiger partial charge in [-0.25, -0.2) is 0 Å². The third kappa shape index (κ3) is 2.42. The molecule has 1 aromatic rings. The Bertz CT molecular complexity index is 449. The van der Waals surface area contributed by atoms with Gasteiger partial charge in [-0.3, -0.25) is 4.90 Å². The quantitative estimate of drug-likeness (QED) is 0.815. The molecule has 0 spiro atoms. The summed E-state index contributed by atoms with van der Waals surface area (Å²) >= 11 is 0. The Labute approximate surface area is 114 Å². The van der Waals surface area contributed by atoms with E-state index < -0.39 is 0 Å². The summed E-state index contributed by atoms with van der Waals surface area (Å²) in [5.74, 6) is 0.866. The van der Waals surface area contributed by atoms with Gasteiger partial charge in [-0.15, -0.1) is 0 Å². The minimum absolute atomic E-state index is 0.109. The number of hydrogen-bond donors (Lipinski definition) is 2. The van der Waals surface area contributed by atoms with Gasteiger partial charge >= 0.3 is 0 Å². The number of rotatable bonds is 3. The van der Waals surface area contributed by atoms with E-state index in [0.29, 0.717) is 12.1 Å². The molecule has 4 heteroatoms. The molecule has 2 saturated heterocycles. The Morgan fingerprint density at radius 2 is 2.00 bits per heavy atom. The van der Waals surface area contributed by atoms with E-state index in [1.807, 2.05) is 12.1 Å². The number of nitrogen functional groups attached to an aromatic ring is 1. The molecular formula is C15H22N2O2. The van der Waals surface area contributed by atoms with E-state index in [1.165, 1.54) is 18.4 Å². The van der Waals surface area contributed by atoms with E-state index >= 15 is 0 Å². The van der Waals surface area contributed by atoms with Crippen LogP contribution in [0.2, 0.25) is 0 Å². The van der Waals surface area contributed by atoms with Crippen LogP contribution in [0.15, 0.2) is 18.2 Å². The topological polar surface area (TPSA) is 58.7 Å². The maximum atomic E-state index is 9.84. The van der Waals surface area contributed by atoms with Crippen LogP contribution in [0.1, 0.15) is 31.2 Å². The highest BCUT2D eigenvalue weighted by atomic mass is 16.5. The molecule has 2 fully saturated rings. The summed E-state index contributed by atoms with van der Waals surface area (Å²) in [6.45, 7) is 0.894. The lowest BCUT2D eigenvalue weighted by atomic mass is 9.99. The molecule has 3 rings (SSSR count). The second kappa shape index (κ2) is 5.02. The number of nitrogens with two attached hydrogens (primary N) is 1. The van der Waals surface area contributed by atoms with E-state index in [-0.39, 0.29) is 6.10 Å². The number of benzene rings is 1. The zero-order valence-electron chi connectivity index (χ0n) is 11.4. The summed E-state index contributed by atoms with van der Waals surface area (Å²) in [7, 11) is 1.69. The van der Waals surface area contributed by atoms with E-state index in [2.05, 4.69) is 11.0 Å². The smallest absolute Gasteiger partial charge is 0.125 e. The lowest BCUT2D eigenvalue weighted by Gasteiger charge is -2.37. The van der Waals surface area contributed by atoms with Gasteiger partial charge in [0.1, 0.15) is 5.75 Å². The Balaban J connectivity index is 1.79. The molecule has 19 heavy (non-hydrogen) atoms. The van der Waals surface area contributed by atoms with Crippen LogP contribution >= 0.6 is 0 Å². The molecule has 0 aromatic heterocycles. The summed E-state index contributed by atoms with van der Waals surface area (Å²) in [6, 6.07) is 6.92. The Kier molecular flexibility index (Phi) is 3.37. The van der Waals surface area contributed by atoms with Crippen molar-refractivity contribution in [2.45, 2.75) is 50.4 Å². The fourth-order valence-electron chi connectivity index (χ4n) is 3.59. The van der Waals surface area contributed by atoms with Crippen molar-refractivity contribution < 1.29 is 9.84 Å². The molecule has 2 aliphatic heterocycles. The number of methoxy groups -OCH3 is 1. The predicted octanol–water partition coefficient (Wildman–Crippen LogP) is 1.77. The first-order valence-corrected chi connectivity index (χ1v) is 7.03. The normalized spacial score (nSPS) is 30.5. The van der Waals surface area contributed by atoms with Crippen molar-refractivity contribution in [2.75, 3.05) is 12.8 Å². The van der Waals surface area contributed by atoms with Crippen molar-refractivity contribution in [3.63, 3.8) is 0 Å². The number of aliphatic hydroxyl groups excluding tert-OH is 1. The standard InChI is InChI=1S/C15H22N2O2/c1-19-15-6-11(16)3-2-10(15)9-17-12-4-5-13(17)8-14(18)7-12/h2-3,6,12-14,18H,4-5,7-9,16H2,1H3. The van der Waals surface area contributed by atoms with Gasteiger partial charge in [0.05, 0.1) is 13.2 Å². The summed E-state index contributed by atoms with van der Waals surface area (Å²) in [5.41, 5.74) is 7.71. The van der Waals surface area contributed by atoms with Gasteiger partial charge in [0.25, 0.3) is 0 Å². The second-order valence-electron chi connectivity index (χ2n) is 5.75. The molecule has 2 heterocycles. The average molecular weight is 262 g/mol. The lowest BCUT2D eigenvalue weighted by molar-refractivity contribution is 0.0307. The van der Waals surface area contributed by atoms with Crippen LogP contribution < -0.4 is 10.5 Å². The van der Waals surface area contributed by atoms with Gasteiger partial charge in [-0.2, -0.15) is 0 Å². The van der Waals surface area contributed by atoms with Crippen LogP contribution in [0.25, 0.3) is 0 Å². The van der Waals surface area contributed by atoms with Gasteiger partial charge < -0.3 is 15.6 Å². The first-order valence-electron chi connectivity index (χ1n) is 7.03. The first kappa shape index (κ1) is 12.8. The molecule has 2 aliphatic rings. The monoisotopic (exact) mass is 262 g/mol. The molecule has 104 valence electrons. The van der Waals surface area contributed by atoms with E-state index in [1.54, 1.807) is 7.11 Å².